The van der Waals surface area contributed by atoms with Crippen LogP contribution in [0, 0.1) is 0 Å². The maximum absolute atomic E-state index is 12.3. The number of methoxy groups -OCH3 is 2. The fourth-order valence-corrected chi connectivity index (χ4v) is 2.62. The number of aryl methyl sites for hydroxylation is 1. The van der Waals surface area contributed by atoms with E-state index in [9.17, 15) is 4.79 Å². The van der Waals surface area contributed by atoms with E-state index in [0.29, 0.717) is 28.7 Å². The van der Waals surface area contributed by atoms with Gasteiger partial charge in [-0.15, -0.1) is 10.2 Å². The first-order valence-corrected chi connectivity index (χ1v) is 7.54. The first-order valence-electron chi connectivity index (χ1n) is 6.72. The topological polar surface area (TPSA) is 99.4 Å². The van der Waals surface area contributed by atoms with Crippen molar-refractivity contribution in [1.82, 2.24) is 15.5 Å². The van der Waals surface area contributed by atoms with Gasteiger partial charge < -0.3 is 20.5 Å². The van der Waals surface area contributed by atoms with E-state index >= 15 is 0 Å². The summed E-state index contributed by atoms with van der Waals surface area (Å²) in [6.45, 7) is 0.513. The molecule has 0 saturated heterocycles. The molecule has 1 amide bonds. The van der Waals surface area contributed by atoms with E-state index in [-0.39, 0.29) is 5.91 Å². The van der Waals surface area contributed by atoms with E-state index in [1.165, 1.54) is 25.6 Å². The number of carbonyl (C=O) groups excluding carboxylic acids is 1. The first kappa shape index (κ1) is 16.0. The van der Waals surface area contributed by atoms with Crippen LogP contribution >= 0.6 is 11.3 Å². The zero-order valence-corrected chi connectivity index (χ0v) is 13.3. The molecule has 0 aliphatic carbocycles. The lowest BCUT2D eigenvalue weighted by molar-refractivity contribution is 0.0947. The van der Waals surface area contributed by atoms with Crippen molar-refractivity contribution in [3.8, 4) is 11.5 Å². The number of aromatic nitrogens is 2. The van der Waals surface area contributed by atoms with Crippen LogP contribution in [-0.2, 0) is 6.42 Å². The number of carbonyl (C=O) groups is 1. The van der Waals surface area contributed by atoms with E-state index in [1.54, 1.807) is 18.2 Å². The third kappa shape index (κ3) is 3.85. The first-order chi connectivity index (χ1) is 10.7. The van der Waals surface area contributed by atoms with Crippen LogP contribution < -0.4 is 20.5 Å². The Kier molecular flexibility index (Phi) is 5.54. The van der Waals surface area contributed by atoms with Crippen LogP contribution in [0.5, 0.6) is 11.5 Å². The van der Waals surface area contributed by atoms with Crippen LogP contribution in [0.2, 0.25) is 0 Å². The number of ether oxygens (including phenoxy) is 2. The summed E-state index contributed by atoms with van der Waals surface area (Å²) in [5.74, 6) is 0.730. The summed E-state index contributed by atoms with van der Waals surface area (Å²) in [5.41, 5.74) is 5.91. The summed E-state index contributed by atoms with van der Waals surface area (Å²) in [6.07, 6.45) is 1.47. The van der Waals surface area contributed by atoms with E-state index in [2.05, 4.69) is 15.5 Å². The monoisotopic (exact) mass is 322 g/mol. The van der Waals surface area contributed by atoms with Gasteiger partial charge in [0.2, 0.25) is 5.13 Å². The molecule has 22 heavy (non-hydrogen) atoms. The molecular weight excluding hydrogens is 304 g/mol. The van der Waals surface area contributed by atoms with Crippen molar-refractivity contribution in [3.05, 3.63) is 28.8 Å². The number of hydrogen-bond donors (Lipinski definition) is 2. The highest BCUT2D eigenvalue weighted by Crippen LogP contribution is 2.27. The minimum Gasteiger partial charge on any atom is -0.496 e. The number of nitrogens with two attached hydrogens (primary N) is 1. The van der Waals surface area contributed by atoms with Gasteiger partial charge in [0.1, 0.15) is 22.1 Å². The van der Waals surface area contributed by atoms with Crippen LogP contribution in [0.3, 0.4) is 0 Å². The lowest BCUT2D eigenvalue weighted by atomic mass is 10.1. The van der Waals surface area contributed by atoms with Crippen molar-refractivity contribution in [2.45, 2.75) is 12.8 Å². The molecule has 0 saturated carbocycles. The third-order valence-corrected chi connectivity index (χ3v) is 3.80. The minimum absolute atomic E-state index is 0.230. The van der Waals surface area contributed by atoms with Crippen molar-refractivity contribution in [3.63, 3.8) is 0 Å². The molecule has 1 aromatic heterocycles. The predicted molar refractivity (Wildman–Crippen MR) is 84.5 cm³/mol. The largest absolute Gasteiger partial charge is 0.496 e. The second-order valence-electron chi connectivity index (χ2n) is 4.43. The third-order valence-electron chi connectivity index (χ3n) is 2.99. The normalized spacial score (nSPS) is 10.3. The molecule has 2 rings (SSSR count). The number of nitrogen functional groups attached to an aromatic ring is 1. The zero-order chi connectivity index (χ0) is 15.9. The highest BCUT2D eigenvalue weighted by molar-refractivity contribution is 7.15. The minimum atomic E-state index is -0.230. The highest BCUT2D eigenvalue weighted by Gasteiger charge is 2.17. The SMILES string of the molecule is COc1cccc(OC)c1C(=O)NCCCc1nnc(N)s1. The molecule has 0 aliphatic heterocycles. The Hall–Kier alpha value is -2.35. The van der Waals surface area contributed by atoms with Crippen LogP contribution in [0.15, 0.2) is 18.2 Å². The van der Waals surface area contributed by atoms with Crippen LogP contribution in [0.4, 0.5) is 5.13 Å². The van der Waals surface area contributed by atoms with Gasteiger partial charge in [-0.3, -0.25) is 4.79 Å². The molecule has 3 N–H and O–H groups in total. The van der Waals surface area contributed by atoms with E-state index in [1.807, 2.05) is 0 Å². The average Bonchev–Trinajstić information content (AvgIpc) is 2.95. The Balaban J connectivity index is 1.92. The van der Waals surface area contributed by atoms with Gasteiger partial charge in [-0.05, 0) is 18.6 Å². The Morgan fingerprint density at radius 2 is 1.95 bits per heavy atom. The molecule has 0 fully saturated rings. The molecule has 8 heteroatoms. The van der Waals surface area contributed by atoms with Crippen LogP contribution in [-0.4, -0.2) is 36.9 Å². The molecule has 0 spiro atoms. The van der Waals surface area contributed by atoms with Crippen molar-refractivity contribution >= 4 is 22.4 Å². The van der Waals surface area contributed by atoms with Gasteiger partial charge in [0.25, 0.3) is 5.91 Å². The van der Waals surface area contributed by atoms with Crippen molar-refractivity contribution in [2.75, 3.05) is 26.5 Å². The fraction of sp³-hybridized carbons (Fsp3) is 0.357. The highest BCUT2D eigenvalue weighted by atomic mass is 32.1. The molecule has 7 nitrogen and oxygen atoms in total. The van der Waals surface area contributed by atoms with Gasteiger partial charge in [0.05, 0.1) is 14.2 Å². The van der Waals surface area contributed by atoms with Crippen molar-refractivity contribution in [1.29, 1.82) is 0 Å². The summed E-state index contributed by atoms with van der Waals surface area (Å²) in [7, 11) is 3.04. The Morgan fingerprint density at radius 1 is 1.27 bits per heavy atom. The van der Waals surface area contributed by atoms with Gasteiger partial charge in [-0.1, -0.05) is 17.4 Å². The molecule has 2 aromatic rings. The molecule has 0 unspecified atom stereocenters. The molecular formula is C14H18N4O3S. The predicted octanol–water partition coefficient (Wildman–Crippen LogP) is 1.50. The maximum Gasteiger partial charge on any atom is 0.258 e. The number of anilines is 1. The molecule has 1 aromatic carbocycles. The Labute approximate surface area is 132 Å². The summed E-state index contributed by atoms with van der Waals surface area (Å²) in [6, 6.07) is 5.22. The Bertz CT molecular complexity index is 623. The van der Waals surface area contributed by atoms with Gasteiger partial charge >= 0.3 is 0 Å². The smallest absolute Gasteiger partial charge is 0.258 e. The quantitative estimate of drug-likeness (QED) is 0.749. The van der Waals surface area contributed by atoms with Gasteiger partial charge in [-0.2, -0.15) is 0 Å². The number of nitrogens with zero attached hydrogens (tertiary/aromatic N) is 2. The van der Waals surface area contributed by atoms with E-state index < -0.39 is 0 Å². The number of rotatable bonds is 7. The van der Waals surface area contributed by atoms with Crippen LogP contribution in [0.25, 0.3) is 0 Å². The van der Waals surface area contributed by atoms with Crippen LogP contribution in [0.1, 0.15) is 21.8 Å². The fourth-order valence-electron chi connectivity index (χ4n) is 1.97. The zero-order valence-electron chi connectivity index (χ0n) is 12.5. The summed E-state index contributed by atoms with van der Waals surface area (Å²) < 4.78 is 10.4. The second-order valence-corrected chi connectivity index (χ2v) is 5.52. The summed E-state index contributed by atoms with van der Waals surface area (Å²) in [5, 5.41) is 11.9. The van der Waals surface area contributed by atoms with Crippen molar-refractivity contribution in [2.24, 2.45) is 0 Å². The average molecular weight is 322 g/mol. The molecule has 0 atom stereocenters. The second kappa shape index (κ2) is 7.60. The molecule has 118 valence electrons. The van der Waals surface area contributed by atoms with Gasteiger partial charge in [0.15, 0.2) is 0 Å². The van der Waals surface area contributed by atoms with Gasteiger partial charge in [-0.25, -0.2) is 0 Å². The lowest BCUT2D eigenvalue weighted by Gasteiger charge is -2.12. The number of nitrogens with one attached hydrogen (secondary N) is 1. The molecule has 1 heterocycles. The van der Waals surface area contributed by atoms with E-state index in [0.717, 1.165) is 17.8 Å². The maximum atomic E-state index is 12.3. The van der Waals surface area contributed by atoms with E-state index in [4.69, 9.17) is 15.2 Å². The molecule has 0 bridgehead atoms. The number of hydrogen-bond acceptors (Lipinski definition) is 7. The van der Waals surface area contributed by atoms with Crippen molar-refractivity contribution < 1.29 is 14.3 Å². The van der Waals surface area contributed by atoms with Gasteiger partial charge in [0, 0.05) is 13.0 Å². The standard InChI is InChI=1S/C14H18N4O3S/c1-20-9-5-3-6-10(21-2)12(9)13(19)16-8-4-7-11-17-18-14(15)22-11/h3,5-6H,4,7-8H2,1-2H3,(H2,15,18)(H,16,19). The molecule has 0 radical (unpaired) electrons. The number of benzene rings is 1. The summed E-state index contributed by atoms with van der Waals surface area (Å²) >= 11 is 1.36. The lowest BCUT2D eigenvalue weighted by Crippen LogP contribution is -2.25. The summed E-state index contributed by atoms with van der Waals surface area (Å²) in [4.78, 5) is 12.3. The number of amides is 1. The Morgan fingerprint density at radius 3 is 2.50 bits per heavy atom. The molecule has 0 aliphatic rings.